The van der Waals surface area contributed by atoms with Gasteiger partial charge < -0.3 is 64.4 Å². The summed E-state index contributed by atoms with van der Waals surface area (Å²) in [6.07, 6.45) is 4.13. The molecule has 0 aromatic heterocycles. The number of azide groups is 1. The Morgan fingerprint density at radius 1 is 0.753 bits per heavy atom. The minimum Gasteiger partial charge on any atom is -0.508 e. The Labute approximate surface area is 501 Å². The maximum absolute atomic E-state index is 15.1. The molecule has 3 aromatic carbocycles. The molecule has 3 unspecified atom stereocenters. The maximum atomic E-state index is 15.1. The van der Waals surface area contributed by atoms with Crippen molar-refractivity contribution in [2.45, 2.75) is 163 Å². The van der Waals surface area contributed by atoms with E-state index in [4.69, 9.17) is 22.7 Å². The van der Waals surface area contributed by atoms with Crippen molar-refractivity contribution in [3.63, 3.8) is 0 Å². The summed E-state index contributed by atoms with van der Waals surface area (Å²) in [6.45, 7) is 3.61. The van der Waals surface area contributed by atoms with Gasteiger partial charge in [0, 0.05) is 53.3 Å². The minimum atomic E-state index is -1.68. The Bertz CT molecular complexity index is 2890. The molecule has 1 aliphatic carbocycles. The summed E-state index contributed by atoms with van der Waals surface area (Å²) in [5.74, 6) is -8.58. The molecule has 2 saturated heterocycles. The predicted molar refractivity (Wildman–Crippen MR) is 320 cm³/mol. The van der Waals surface area contributed by atoms with E-state index in [9.17, 15) is 48.3 Å². The average molecular weight is 1210 g/mol. The van der Waals surface area contributed by atoms with Crippen LogP contribution in [-0.2, 0) is 67.2 Å². The van der Waals surface area contributed by atoms with Crippen molar-refractivity contribution in [2.24, 2.45) is 28.2 Å². The zero-order valence-corrected chi connectivity index (χ0v) is 49.4. The number of carbonyl (C=O) groups is 10. The van der Waals surface area contributed by atoms with Crippen LogP contribution in [0.3, 0.4) is 0 Å². The largest absolute Gasteiger partial charge is 0.508 e. The molecule has 27 heteroatoms. The lowest BCUT2D eigenvalue weighted by molar-refractivity contribution is -0.142. The first kappa shape index (κ1) is 66.3. The molecule has 3 aliphatic rings. The second kappa shape index (κ2) is 32.4. The van der Waals surface area contributed by atoms with Crippen LogP contribution in [0.25, 0.3) is 10.4 Å². The van der Waals surface area contributed by atoms with Gasteiger partial charge in [-0.2, -0.15) is 0 Å². The molecule has 85 heavy (non-hydrogen) atoms. The zero-order chi connectivity index (χ0) is 61.6. The maximum Gasteiger partial charge on any atom is 0.246 e. The highest BCUT2D eigenvalue weighted by atomic mass is 33.1. The molecular formula is C58H78N14O11S2. The van der Waals surface area contributed by atoms with E-state index in [-0.39, 0.29) is 56.6 Å². The van der Waals surface area contributed by atoms with Gasteiger partial charge in [-0.1, -0.05) is 127 Å². The highest BCUT2D eigenvalue weighted by molar-refractivity contribution is 8.77. The second-order valence-electron chi connectivity index (χ2n) is 22.1. The second-order valence-corrected chi connectivity index (χ2v) is 24.9. The number of rotatable bonds is 20. The first-order valence-corrected chi connectivity index (χ1v) is 31.0. The first-order chi connectivity index (χ1) is 40.7. The topological polar surface area (TPSA) is 405 Å². The molecule has 1 saturated carbocycles. The van der Waals surface area contributed by atoms with E-state index in [1.807, 2.05) is 0 Å². The number of amides is 10. The molecule has 1 spiro atoms. The fourth-order valence-electron chi connectivity index (χ4n) is 10.6. The third-order valence-corrected chi connectivity index (χ3v) is 18.5. The smallest absolute Gasteiger partial charge is 0.246 e. The Hall–Kier alpha value is -7.87. The lowest BCUT2D eigenvalue weighted by atomic mass is 9.85. The van der Waals surface area contributed by atoms with Crippen molar-refractivity contribution >= 4 is 86.3 Å². The van der Waals surface area contributed by atoms with Gasteiger partial charge in [0.05, 0.1) is 6.42 Å². The Balaban J connectivity index is 1.33. The van der Waals surface area contributed by atoms with E-state index < -0.39 is 124 Å². The number of nitrogens with one attached hydrogen (secondary N) is 7. The number of nitrogens with zero attached hydrogens (tertiary/aromatic N) is 4. The third-order valence-electron chi connectivity index (χ3n) is 15.2. The van der Waals surface area contributed by atoms with Gasteiger partial charge in [-0.25, -0.2) is 0 Å². The number of nitrogens with two attached hydrogens (primary N) is 3. The fraction of sp³-hybridized carbons (Fsp3) is 0.517. The first-order valence-electron chi connectivity index (χ1n) is 28.6. The summed E-state index contributed by atoms with van der Waals surface area (Å²) < 4.78 is -0.749. The van der Waals surface area contributed by atoms with E-state index in [0.29, 0.717) is 61.0 Å². The van der Waals surface area contributed by atoms with E-state index in [0.717, 1.165) is 19.3 Å². The van der Waals surface area contributed by atoms with Crippen LogP contribution in [0, 0.1) is 5.92 Å². The van der Waals surface area contributed by atoms with Crippen LogP contribution in [0.2, 0.25) is 0 Å². The van der Waals surface area contributed by atoms with Crippen LogP contribution >= 0.6 is 21.6 Å². The number of phenols is 1. The number of primary amides is 2. The molecule has 3 aromatic rings. The van der Waals surface area contributed by atoms with E-state index in [1.54, 1.807) is 80.6 Å². The van der Waals surface area contributed by atoms with Crippen molar-refractivity contribution in [2.75, 3.05) is 18.8 Å². The van der Waals surface area contributed by atoms with Gasteiger partial charge in [0.1, 0.15) is 54.1 Å². The molecule has 0 radical (unpaired) electrons. The Kier molecular flexibility index (Phi) is 25.3. The summed E-state index contributed by atoms with van der Waals surface area (Å²) in [5, 5.41) is 32.7. The lowest BCUT2D eigenvalue weighted by Gasteiger charge is -2.37. The van der Waals surface area contributed by atoms with E-state index in [1.165, 1.54) is 38.6 Å². The molecule has 458 valence electrons. The van der Waals surface area contributed by atoms with Crippen LogP contribution in [0.5, 0.6) is 5.75 Å². The van der Waals surface area contributed by atoms with Gasteiger partial charge in [0.15, 0.2) is 0 Å². The van der Waals surface area contributed by atoms with Crippen LogP contribution in [0.1, 0.15) is 108 Å². The van der Waals surface area contributed by atoms with Crippen LogP contribution in [0.4, 0.5) is 5.69 Å². The van der Waals surface area contributed by atoms with Gasteiger partial charge in [0.2, 0.25) is 59.1 Å². The highest BCUT2D eigenvalue weighted by Crippen LogP contribution is 2.48. The molecule has 2 heterocycles. The molecular weight excluding hydrogens is 1130 g/mol. The van der Waals surface area contributed by atoms with Crippen molar-refractivity contribution in [3.05, 3.63) is 106 Å². The molecule has 3 fully saturated rings. The van der Waals surface area contributed by atoms with Crippen molar-refractivity contribution < 1.29 is 53.1 Å². The highest BCUT2D eigenvalue weighted by Gasteiger charge is 2.43. The summed E-state index contributed by atoms with van der Waals surface area (Å²) in [4.78, 5) is 146. The zero-order valence-electron chi connectivity index (χ0n) is 47.8. The average Bonchev–Trinajstić information content (AvgIpc) is 4.25. The number of hydrogen-bond acceptors (Lipinski definition) is 15. The molecule has 8 atom stereocenters. The molecule has 2 aliphatic heterocycles. The number of likely N-dealkylation sites (tertiary alicyclic amines) is 1. The third kappa shape index (κ3) is 20.1. The quantitative estimate of drug-likeness (QED) is 0.0255. The molecule has 6 rings (SSSR count). The summed E-state index contributed by atoms with van der Waals surface area (Å²) >= 11 is 0. The lowest BCUT2D eigenvalue weighted by Crippen LogP contribution is -2.62. The van der Waals surface area contributed by atoms with Crippen molar-refractivity contribution in [3.8, 4) is 5.75 Å². The van der Waals surface area contributed by atoms with Crippen LogP contribution in [-0.4, -0.2) is 141 Å². The van der Waals surface area contributed by atoms with Gasteiger partial charge in [-0.05, 0) is 91.8 Å². The number of benzene rings is 3. The molecule has 0 bridgehead atoms. The predicted octanol–water partition coefficient (Wildman–Crippen LogP) is 2.38. The summed E-state index contributed by atoms with van der Waals surface area (Å²) in [7, 11) is 2.55. The standard InChI is InChI=1S/C58H78N14O11S2/c1-34(2)49-56(82)67-44(31-47(60)74)53(79)68-45(57(83)72-27-11-15-46(72)55(81)64-40(14-7-10-26-59)51(77)65-41(50(61)76)28-37-18-22-39(73)23-19-37)33-84-85-58(24-8-4-9-25-58)32-48(75)63-42(30-36-16-20-38(21-17-36)70-71-62)52(78)66-43(54(80)69-49)29-35-12-5-3-6-13-35/h3,5-6,12-13,16-23,34,40-46,49,73H,4,7-11,14-15,24-33,59H2,1-2H3,(H2,60,74)(H2,61,76)(H,63,75)(H,64,81)(H,65,77)(H,66,78)(H,67,82)(H,68,79)(H,69,80)/t40-,41+,42?,43-,44?,45-,46-,49?/m0/s1. The fourth-order valence-corrected chi connectivity index (χ4v) is 13.9. The Morgan fingerprint density at radius 2 is 1.38 bits per heavy atom. The number of unbranched alkanes of at least 4 members (excludes halogenated alkanes) is 1. The van der Waals surface area contributed by atoms with E-state index >= 15 is 4.79 Å². The summed E-state index contributed by atoms with van der Waals surface area (Å²) in [6, 6.07) is 10.7. The van der Waals surface area contributed by atoms with Gasteiger partial charge in [-0.15, -0.1) is 0 Å². The summed E-state index contributed by atoms with van der Waals surface area (Å²) in [5.41, 5.74) is 28.4. The van der Waals surface area contributed by atoms with Crippen LogP contribution < -0.4 is 54.4 Å². The van der Waals surface area contributed by atoms with Crippen molar-refractivity contribution in [1.82, 2.24) is 42.1 Å². The van der Waals surface area contributed by atoms with Crippen molar-refractivity contribution in [1.29, 1.82) is 0 Å². The molecule has 14 N–H and O–H groups in total. The van der Waals surface area contributed by atoms with Gasteiger partial charge in [-0.3, -0.25) is 47.9 Å². The minimum absolute atomic E-state index is 0.00151. The molecule has 10 amide bonds. The SMILES string of the molecule is CC(C)C1NC(=O)[C@H](Cc2ccccc2)NC(=O)C(Cc2ccc(N=[N+]=[N-])cc2)NC(=O)CC2(CCCCC2)SSC[C@@H](C(=O)N2CCC[C@H]2C(=O)N[C@@H](CCCCN)C(=O)N[C@H](Cc2ccc(O)cc2)C(N)=O)NC(=O)C(CC(N)=O)NC1=O. The van der Waals surface area contributed by atoms with Gasteiger partial charge >= 0.3 is 0 Å². The van der Waals surface area contributed by atoms with Gasteiger partial charge in [0.25, 0.3) is 0 Å². The monoisotopic (exact) mass is 1210 g/mol. The van der Waals surface area contributed by atoms with Crippen LogP contribution in [0.15, 0.2) is 84.0 Å². The van der Waals surface area contributed by atoms with E-state index in [2.05, 4.69) is 47.2 Å². The molecule has 25 nitrogen and oxygen atoms in total. The Morgan fingerprint density at radius 3 is 2.01 bits per heavy atom. The number of hydrogen-bond donors (Lipinski definition) is 11. The normalized spacial score (nSPS) is 22.4. The number of phenolic OH excluding ortho intramolecular Hbond substituents is 1. The number of carbonyl (C=O) groups excluding carboxylic acids is 10. The number of aromatic hydroxyl groups is 1.